The Morgan fingerprint density at radius 2 is 1.86 bits per heavy atom. The van der Waals surface area contributed by atoms with Crippen LogP contribution >= 0.6 is 0 Å². The van der Waals surface area contributed by atoms with Crippen molar-refractivity contribution < 1.29 is 21.3 Å². The van der Waals surface area contributed by atoms with Crippen LogP contribution in [0, 0.1) is 0 Å². The lowest BCUT2D eigenvalue weighted by molar-refractivity contribution is 0.419. The Morgan fingerprint density at radius 3 is 2.43 bits per heavy atom. The molecule has 1 heterocycles. The number of primary sulfonamides is 1. The summed E-state index contributed by atoms with van der Waals surface area (Å²) in [5, 5.41) is 7.57. The minimum atomic E-state index is -3.86. The molecule has 0 saturated heterocycles. The molecule has 7 nitrogen and oxygen atoms in total. The molecular formula is C12H14N2O5S2. The number of nitrogens with two attached hydrogens (primary N) is 1. The summed E-state index contributed by atoms with van der Waals surface area (Å²) in [7, 11) is -7.15. The van der Waals surface area contributed by atoms with E-state index in [9.17, 15) is 16.8 Å². The summed E-state index contributed by atoms with van der Waals surface area (Å²) in [6.07, 6.45) is 1.12. The number of anilines is 1. The van der Waals surface area contributed by atoms with Gasteiger partial charge < -0.3 is 9.73 Å². The number of nitrogens with one attached hydrogen (secondary N) is 1. The quantitative estimate of drug-likeness (QED) is 0.842. The van der Waals surface area contributed by atoms with Crippen molar-refractivity contribution in [3.05, 3.63) is 42.2 Å². The molecule has 0 aliphatic rings. The number of hydrogen-bond acceptors (Lipinski definition) is 6. The highest BCUT2D eigenvalue weighted by Crippen LogP contribution is 2.17. The Labute approximate surface area is 122 Å². The number of furan rings is 1. The molecule has 0 aliphatic carbocycles. The van der Waals surface area contributed by atoms with Crippen LogP contribution in [0.2, 0.25) is 0 Å². The molecule has 0 radical (unpaired) electrons. The monoisotopic (exact) mass is 330 g/mol. The molecule has 0 fully saturated rings. The number of sulfone groups is 1. The highest BCUT2D eigenvalue weighted by Gasteiger charge is 2.13. The van der Waals surface area contributed by atoms with Crippen molar-refractivity contribution in [3.63, 3.8) is 0 Å². The standard InChI is InChI=1S/C12H14N2O5S2/c1-20(15,16)11-4-2-3-9(7-11)14-8-10-5-6-12(19-10)21(13,17)18/h2-7,14H,8H2,1H3,(H2,13,17,18). The molecule has 2 rings (SSSR count). The molecule has 0 atom stereocenters. The maximum atomic E-state index is 11.4. The van der Waals surface area contributed by atoms with Gasteiger partial charge in [0.2, 0.25) is 5.09 Å². The molecule has 1 aromatic carbocycles. The minimum absolute atomic E-state index is 0.192. The van der Waals surface area contributed by atoms with Gasteiger partial charge in [0.1, 0.15) is 5.76 Å². The molecule has 9 heteroatoms. The van der Waals surface area contributed by atoms with Crippen LogP contribution in [0.4, 0.5) is 5.69 Å². The van der Waals surface area contributed by atoms with Gasteiger partial charge in [-0.3, -0.25) is 0 Å². The molecule has 21 heavy (non-hydrogen) atoms. The first-order chi connectivity index (χ1) is 9.66. The fourth-order valence-electron chi connectivity index (χ4n) is 1.63. The van der Waals surface area contributed by atoms with Gasteiger partial charge in [0.15, 0.2) is 9.84 Å². The lowest BCUT2D eigenvalue weighted by Crippen LogP contribution is -2.10. The van der Waals surface area contributed by atoms with Gasteiger partial charge in [-0.05, 0) is 30.3 Å². The van der Waals surface area contributed by atoms with E-state index in [0.29, 0.717) is 11.4 Å². The third-order valence-corrected chi connectivity index (χ3v) is 4.54. The Bertz CT molecular complexity index is 853. The largest absolute Gasteiger partial charge is 0.446 e. The minimum Gasteiger partial charge on any atom is -0.446 e. The van der Waals surface area contributed by atoms with Crippen molar-refractivity contribution in [1.82, 2.24) is 0 Å². The summed E-state index contributed by atoms with van der Waals surface area (Å²) in [6, 6.07) is 9.02. The predicted octanol–water partition coefficient (Wildman–Crippen LogP) is 0.943. The Morgan fingerprint density at radius 1 is 1.14 bits per heavy atom. The molecule has 0 aliphatic heterocycles. The van der Waals surface area contributed by atoms with E-state index < -0.39 is 19.9 Å². The first kappa shape index (κ1) is 15.5. The first-order valence-corrected chi connectivity index (χ1v) is 9.25. The molecular weight excluding hydrogens is 316 g/mol. The highest BCUT2D eigenvalue weighted by atomic mass is 32.2. The van der Waals surface area contributed by atoms with Crippen LogP contribution in [-0.2, 0) is 26.4 Å². The van der Waals surface area contributed by atoms with Crippen LogP contribution in [0.3, 0.4) is 0 Å². The van der Waals surface area contributed by atoms with Crippen molar-refractivity contribution in [2.24, 2.45) is 5.14 Å². The van der Waals surface area contributed by atoms with Crippen molar-refractivity contribution >= 4 is 25.5 Å². The predicted molar refractivity (Wildman–Crippen MR) is 77.0 cm³/mol. The van der Waals surface area contributed by atoms with E-state index in [1.54, 1.807) is 12.1 Å². The van der Waals surface area contributed by atoms with E-state index in [0.717, 1.165) is 6.26 Å². The normalized spacial score (nSPS) is 12.3. The summed E-state index contributed by atoms with van der Waals surface area (Å²) < 4.78 is 50.1. The van der Waals surface area contributed by atoms with E-state index in [1.165, 1.54) is 24.3 Å². The van der Waals surface area contributed by atoms with Gasteiger partial charge in [-0.1, -0.05) is 6.07 Å². The average Bonchev–Trinajstić information content (AvgIpc) is 2.84. The van der Waals surface area contributed by atoms with Crippen molar-refractivity contribution in [1.29, 1.82) is 0 Å². The smallest absolute Gasteiger partial charge is 0.271 e. The zero-order valence-electron chi connectivity index (χ0n) is 11.1. The third kappa shape index (κ3) is 4.06. The van der Waals surface area contributed by atoms with Crippen LogP contribution < -0.4 is 10.5 Å². The van der Waals surface area contributed by atoms with E-state index in [2.05, 4.69) is 5.32 Å². The number of benzene rings is 1. The van der Waals surface area contributed by atoms with Crippen LogP contribution in [0.5, 0.6) is 0 Å². The van der Waals surface area contributed by atoms with Gasteiger partial charge in [-0.15, -0.1) is 0 Å². The Balaban J connectivity index is 2.12. The van der Waals surface area contributed by atoms with Gasteiger partial charge >= 0.3 is 0 Å². The van der Waals surface area contributed by atoms with Gasteiger partial charge in [0.25, 0.3) is 10.0 Å². The second kappa shape index (κ2) is 5.51. The molecule has 3 N–H and O–H groups in total. The van der Waals surface area contributed by atoms with Crippen molar-refractivity contribution in [2.45, 2.75) is 16.5 Å². The zero-order valence-corrected chi connectivity index (χ0v) is 12.7. The summed E-state index contributed by atoms with van der Waals surface area (Å²) in [5.74, 6) is 0.365. The Kier molecular flexibility index (Phi) is 4.08. The second-order valence-corrected chi connectivity index (χ2v) is 7.93. The fraction of sp³-hybridized carbons (Fsp3) is 0.167. The van der Waals surface area contributed by atoms with Crippen LogP contribution in [0.1, 0.15) is 5.76 Å². The number of rotatable bonds is 5. The first-order valence-electron chi connectivity index (χ1n) is 5.82. The van der Waals surface area contributed by atoms with Gasteiger partial charge in [-0.25, -0.2) is 22.0 Å². The molecule has 1 aromatic heterocycles. The summed E-state index contributed by atoms with van der Waals surface area (Å²) in [4.78, 5) is 0.192. The topological polar surface area (TPSA) is 119 Å². The van der Waals surface area contributed by atoms with E-state index in [-0.39, 0.29) is 16.5 Å². The van der Waals surface area contributed by atoms with E-state index in [4.69, 9.17) is 9.56 Å². The van der Waals surface area contributed by atoms with Gasteiger partial charge in [0, 0.05) is 11.9 Å². The molecule has 2 aromatic rings. The van der Waals surface area contributed by atoms with Crippen molar-refractivity contribution in [3.8, 4) is 0 Å². The maximum Gasteiger partial charge on any atom is 0.271 e. The maximum absolute atomic E-state index is 11.4. The third-order valence-electron chi connectivity index (χ3n) is 2.65. The molecule has 0 unspecified atom stereocenters. The van der Waals surface area contributed by atoms with Gasteiger partial charge in [-0.2, -0.15) is 0 Å². The number of hydrogen-bond donors (Lipinski definition) is 2. The van der Waals surface area contributed by atoms with Crippen molar-refractivity contribution in [2.75, 3.05) is 11.6 Å². The molecule has 0 spiro atoms. The van der Waals surface area contributed by atoms with E-state index >= 15 is 0 Å². The lowest BCUT2D eigenvalue weighted by Gasteiger charge is -2.06. The molecule has 0 bridgehead atoms. The molecule has 114 valence electrons. The lowest BCUT2D eigenvalue weighted by atomic mass is 10.3. The van der Waals surface area contributed by atoms with E-state index in [1.807, 2.05) is 0 Å². The second-order valence-electron chi connectivity index (χ2n) is 4.42. The summed E-state index contributed by atoms with van der Waals surface area (Å²) in [5.41, 5.74) is 0.575. The average molecular weight is 330 g/mol. The van der Waals surface area contributed by atoms with Gasteiger partial charge in [0.05, 0.1) is 11.4 Å². The molecule has 0 saturated carbocycles. The van der Waals surface area contributed by atoms with Crippen LogP contribution in [0.15, 0.2) is 50.8 Å². The Hall–Kier alpha value is -1.84. The fourth-order valence-corrected chi connectivity index (χ4v) is 2.78. The highest BCUT2D eigenvalue weighted by molar-refractivity contribution is 7.90. The van der Waals surface area contributed by atoms with Crippen LogP contribution in [-0.4, -0.2) is 23.1 Å². The summed E-state index contributed by atoms with van der Waals surface area (Å²) >= 11 is 0. The SMILES string of the molecule is CS(=O)(=O)c1cccc(NCc2ccc(S(N)(=O)=O)o2)c1. The number of sulfonamides is 1. The zero-order chi connectivity index (χ0) is 15.7. The van der Waals surface area contributed by atoms with Crippen LogP contribution in [0.25, 0.3) is 0 Å². The molecule has 0 amide bonds. The summed E-state index contributed by atoms with van der Waals surface area (Å²) in [6.45, 7) is 0.197.